The summed E-state index contributed by atoms with van der Waals surface area (Å²) in [6.45, 7) is 0.689. The van der Waals surface area contributed by atoms with Gasteiger partial charge in [-0.25, -0.2) is 8.42 Å². The Bertz CT molecular complexity index is 638. The number of nitrogen functional groups attached to an aromatic ring is 1. The number of nitro benzene ring substituents is 1. The summed E-state index contributed by atoms with van der Waals surface area (Å²) in [5.74, 6) is 0. The monoisotopic (exact) mass is 315 g/mol. The molecule has 0 radical (unpaired) electrons. The number of nitrogens with zero attached hydrogens (tertiary/aromatic N) is 2. The summed E-state index contributed by atoms with van der Waals surface area (Å²) >= 11 is 0. The molecule has 1 aliphatic heterocycles. The van der Waals surface area contributed by atoms with Crippen molar-refractivity contribution >= 4 is 21.4 Å². The molecule has 0 atom stereocenters. The van der Waals surface area contributed by atoms with Gasteiger partial charge in [-0.2, -0.15) is 4.31 Å². The van der Waals surface area contributed by atoms with Gasteiger partial charge >= 0.3 is 0 Å². The maximum absolute atomic E-state index is 12.5. The van der Waals surface area contributed by atoms with Gasteiger partial charge in [-0.1, -0.05) is 0 Å². The molecule has 0 unspecified atom stereocenters. The Balaban J connectivity index is 2.26. The van der Waals surface area contributed by atoms with E-state index in [1.807, 2.05) is 0 Å². The first-order valence-electron chi connectivity index (χ1n) is 6.43. The molecule has 1 aromatic carbocycles. The van der Waals surface area contributed by atoms with Crippen LogP contribution in [0.4, 0.5) is 11.4 Å². The average molecular weight is 315 g/mol. The normalized spacial score (nSPS) is 17.8. The lowest BCUT2D eigenvalue weighted by atomic mass is 10.1. The SMILES string of the molecule is COC1CCN(S(=O)(=O)c2ccc([N+](=O)[O-])cc2N)CC1. The minimum absolute atomic E-state index is 0.0608. The molecule has 2 N–H and O–H groups in total. The molecule has 0 aromatic heterocycles. The Morgan fingerprint density at radius 2 is 2.00 bits per heavy atom. The Labute approximate surface area is 122 Å². The van der Waals surface area contributed by atoms with Crippen LogP contribution in [-0.2, 0) is 14.8 Å². The Kier molecular flexibility index (Phi) is 4.45. The number of ether oxygens (including phenoxy) is 1. The van der Waals surface area contributed by atoms with E-state index in [0.29, 0.717) is 25.9 Å². The predicted molar refractivity (Wildman–Crippen MR) is 76.3 cm³/mol. The molecule has 0 aliphatic carbocycles. The van der Waals surface area contributed by atoms with Crippen LogP contribution < -0.4 is 5.73 Å². The van der Waals surface area contributed by atoms with Crippen molar-refractivity contribution in [1.29, 1.82) is 0 Å². The first kappa shape index (κ1) is 15.7. The third-order valence-electron chi connectivity index (χ3n) is 3.56. The van der Waals surface area contributed by atoms with Gasteiger partial charge in [-0.15, -0.1) is 0 Å². The zero-order valence-electron chi connectivity index (χ0n) is 11.6. The van der Waals surface area contributed by atoms with E-state index in [9.17, 15) is 18.5 Å². The average Bonchev–Trinajstić information content (AvgIpc) is 2.46. The molecule has 0 spiro atoms. The van der Waals surface area contributed by atoms with Gasteiger partial charge in [-0.05, 0) is 18.9 Å². The highest BCUT2D eigenvalue weighted by atomic mass is 32.2. The summed E-state index contributed by atoms with van der Waals surface area (Å²) in [6.07, 6.45) is 1.29. The zero-order valence-corrected chi connectivity index (χ0v) is 12.4. The van der Waals surface area contributed by atoms with E-state index < -0.39 is 14.9 Å². The van der Waals surface area contributed by atoms with Crippen LogP contribution >= 0.6 is 0 Å². The fourth-order valence-electron chi connectivity index (χ4n) is 2.33. The molecule has 1 saturated heterocycles. The second kappa shape index (κ2) is 5.96. The number of anilines is 1. The van der Waals surface area contributed by atoms with Crippen molar-refractivity contribution in [3.63, 3.8) is 0 Å². The largest absolute Gasteiger partial charge is 0.397 e. The minimum atomic E-state index is -3.74. The van der Waals surface area contributed by atoms with Crippen molar-refractivity contribution in [2.24, 2.45) is 0 Å². The third-order valence-corrected chi connectivity index (χ3v) is 5.53. The van der Waals surface area contributed by atoms with Gasteiger partial charge in [-0.3, -0.25) is 10.1 Å². The molecule has 1 aromatic rings. The van der Waals surface area contributed by atoms with Gasteiger partial charge in [0.25, 0.3) is 5.69 Å². The first-order valence-corrected chi connectivity index (χ1v) is 7.87. The number of sulfonamides is 1. The first-order chi connectivity index (χ1) is 9.86. The van der Waals surface area contributed by atoms with Crippen LogP contribution in [0.5, 0.6) is 0 Å². The van der Waals surface area contributed by atoms with Crippen LogP contribution in [-0.4, -0.2) is 43.9 Å². The number of nitrogens with two attached hydrogens (primary N) is 1. The molecule has 9 heteroatoms. The molecule has 1 aliphatic rings. The Morgan fingerprint density at radius 1 is 1.38 bits per heavy atom. The second-order valence-corrected chi connectivity index (χ2v) is 6.72. The Hall–Kier alpha value is -1.71. The van der Waals surface area contributed by atoms with E-state index >= 15 is 0 Å². The highest BCUT2D eigenvalue weighted by Crippen LogP contribution is 2.28. The second-order valence-electron chi connectivity index (χ2n) is 4.82. The van der Waals surface area contributed by atoms with E-state index in [1.54, 1.807) is 7.11 Å². The van der Waals surface area contributed by atoms with Crippen LogP contribution in [0.15, 0.2) is 23.1 Å². The number of methoxy groups -OCH3 is 1. The van der Waals surface area contributed by atoms with Crippen LogP contribution in [0.1, 0.15) is 12.8 Å². The molecule has 8 nitrogen and oxygen atoms in total. The van der Waals surface area contributed by atoms with Crippen LogP contribution in [0.3, 0.4) is 0 Å². The maximum atomic E-state index is 12.5. The number of hydrogen-bond donors (Lipinski definition) is 1. The lowest BCUT2D eigenvalue weighted by Crippen LogP contribution is -2.40. The van der Waals surface area contributed by atoms with Gasteiger partial charge in [0.15, 0.2) is 0 Å². The molecule has 1 heterocycles. The molecule has 1 fully saturated rings. The van der Waals surface area contributed by atoms with Crippen LogP contribution in [0.25, 0.3) is 0 Å². The molecule has 0 bridgehead atoms. The zero-order chi connectivity index (χ0) is 15.6. The van der Waals surface area contributed by atoms with Crippen molar-refractivity contribution in [3.8, 4) is 0 Å². The fraction of sp³-hybridized carbons (Fsp3) is 0.500. The molecule has 0 saturated carbocycles. The van der Waals surface area contributed by atoms with Crippen LogP contribution in [0.2, 0.25) is 0 Å². The summed E-state index contributed by atoms with van der Waals surface area (Å²) in [6, 6.07) is 3.39. The number of rotatable bonds is 4. The topological polar surface area (TPSA) is 116 Å². The van der Waals surface area contributed by atoms with Crippen molar-refractivity contribution in [2.45, 2.75) is 23.8 Å². The van der Waals surface area contributed by atoms with Crippen molar-refractivity contribution in [2.75, 3.05) is 25.9 Å². The summed E-state index contributed by atoms with van der Waals surface area (Å²) in [4.78, 5) is 9.95. The highest BCUT2D eigenvalue weighted by Gasteiger charge is 2.31. The van der Waals surface area contributed by atoms with Crippen molar-refractivity contribution in [1.82, 2.24) is 4.31 Å². The number of non-ortho nitro benzene ring substituents is 1. The van der Waals surface area contributed by atoms with Gasteiger partial charge < -0.3 is 10.5 Å². The third kappa shape index (κ3) is 3.14. The Morgan fingerprint density at radius 3 is 2.48 bits per heavy atom. The molecule has 2 rings (SSSR count). The molecule has 21 heavy (non-hydrogen) atoms. The van der Waals surface area contributed by atoms with E-state index in [4.69, 9.17) is 10.5 Å². The summed E-state index contributed by atoms with van der Waals surface area (Å²) < 4.78 is 31.6. The number of piperidine rings is 1. The quantitative estimate of drug-likeness (QED) is 0.503. The molecular weight excluding hydrogens is 298 g/mol. The summed E-state index contributed by atoms with van der Waals surface area (Å²) in [5.41, 5.74) is 5.33. The summed E-state index contributed by atoms with van der Waals surface area (Å²) in [7, 11) is -2.14. The summed E-state index contributed by atoms with van der Waals surface area (Å²) in [5, 5.41) is 10.7. The maximum Gasteiger partial charge on any atom is 0.271 e. The lowest BCUT2D eigenvalue weighted by Gasteiger charge is -2.30. The number of nitro groups is 1. The molecular formula is C12H17N3O5S. The van der Waals surface area contributed by atoms with E-state index in [-0.39, 0.29) is 22.4 Å². The lowest BCUT2D eigenvalue weighted by molar-refractivity contribution is -0.384. The van der Waals surface area contributed by atoms with Crippen molar-refractivity contribution < 1.29 is 18.1 Å². The van der Waals surface area contributed by atoms with E-state index in [2.05, 4.69) is 0 Å². The van der Waals surface area contributed by atoms with E-state index in [1.165, 1.54) is 10.4 Å². The fourth-order valence-corrected chi connectivity index (χ4v) is 3.90. The van der Waals surface area contributed by atoms with Gasteiger partial charge in [0.1, 0.15) is 4.90 Å². The van der Waals surface area contributed by atoms with Gasteiger partial charge in [0, 0.05) is 32.3 Å². The van der Waals surface area contributed by atoms with Crippen molar-refractivity contribution in [3.05, 3.63) is 28.3 Å². The van der Waals surface area contributed by atoms with Crippen LogP contribution in [0, 0.1) is 10.1 Å². The predicted octanol–water partition coefficient (Wildman–Crippen LogP) is 0.977. The van der Waals surface area contributed by atoms with Gasteiger partial charge in [0.2, 0.25) is 10.0 Å². The van der Waals surface area contributed by atoms with E-state index in [0.717, 1.165) is 12.1 Å². The minimum Gasteiger partial charge on any atom is -0.397 e. The molecule has 0 amide bonds. The van der Waals surface area contributed by atoms with Gasteiger partial charge in [0.05, 0.1) is 16.7 Å². The standard InChI is InChI=1S/C12H17N3O5S/c1-20-10-4-6-14(7-5-10)21(18,19)12-3-2-9(15(16)17)8-11(12)13/h2-3,8,10H,4-7,13H2,1H3. The smallest absolute Gasteiger partial charge is 0.271 e. The highest BCUT2D eigenvalue weighted by molar-refractivity contribution is 7.89. The molecule has 116 valence electrons. The number of hydrogen-bond acceptors (Lipinski definition) is 6. The number of benzene rings is 1.